The Labute approximate surface area is 116 Å². The number of alkyl carbamates (subject to hydrolysis) is 1. The van der Waals surface area contributed by atoms with Gasteiger partial charge in [-0.05, 0) is 30.0 Å². The molecule has 6 nitrogen and oxygen atoms in total. The zero-order valence-corrected chi connectivity index (χ0v) is 11.2. The average molecular weight is 279 g/mol. The summed E-state index contributed by atoms with van der Waals surface area (Å²) >= 11 is 0. The predicted octanol–water partition coefficient (Wildman–Crippen LogP) is 1.36. The monoisotopic (exact) mass is 279 g/mol. The zero-order valence-electron chi connectivity index (χ0n) is 11.2. The Hall–Kier alpha value is -2.24. The van der Waals surface area contributed by atoms with E-state index >= 15 is 0 Å². The molecule has 0 fully saturated rings. The van der Waals surface area contributed by atoms with Gasteiger partial charge < -0.3 is 19.9 Å². The van der Waals surface area contributed by atoms with E-state index < -0.39 is 12.1 Å². The molecule has 1 aromatic carbocycles. The summed E-state index contributed by atoms with van der Waals surface area (Å²) < 4.78 is 10.5. The number of ether oxygens (including phenoxy) is 2. The van der Waals surface area contributed by atoms with Crippen LogP contribution in [-0.4, -0.2) is 36.9 Å². The van der Waals surface area contributed by atoms with Crippen molar-refractivity contribution in [3.63, 3.8) is 0 Å². The molecule has 0 spiro atoms. The van der Waals surface area contributed by atoms with Crippen molar-refractivity contribution in [3.05, 3.63) is 29.3 Å². The Balaban J connectivity index is 2.07. The standard InChI is InChI=1S/C14H17NO5/c1-15-14(18)20-10-5-6-11-9(7-10)3-2-4-12(11)19-8-13(16)17/h2-4,10H,5-8H2,1H3,(H,15,18)(H,16,17). The lowest BCUT2D eigenvalue weighted by molar-refractivity contribution is -0.139. The van der Waals surface area contributed by atoms with Crippen molar-refractivity contribution in [2.24, 2.45) is 0 Å². The van der Waals surface area contributed by atoms with Crippen LogP contribution in [0.15, 0.2) is 18.2 Å². The SMILES string of the molecule is CNC(=O)OC1CCc2c(cccc2OCC(=O)O)C1. The van der Waals surface area contributed by atoms with Crippen LogP contribution >= 0.6 is 0 Å². The van der Waals surface area contributed by atoms with E-state index in [2.05, 4.69) is 5.32 Å². The van der Waals surface area contributed by atoms with E-state index in [1.807, 2.05) is 12.1 Å². The third kappa shape index (κ3) is 3.40. The molecule has 1 aliphatic carbocycles. The van der Waals surface area contributed by atoms with Crippen LogP contribution in [0.25, 0.3) is 0 Å². The summed E-state index contributed by atoms with van der Waals surface area (Å²) in [7, 11) is 1.52. The molecule has 1 atom stereocenters. The molecule has 0 radical (unpaired) electrons. The Morgan fingerprint density at radius 3 is 2.95 bits per heavy atom. The summed E-state index contributed by atoms with van der Waals surface area (Å²) in [4.78, 5) is 21.8. The van der Waals surface area contributed by atoms with Gasteiger partial charge in [-0.25, -0.2) is 9.59 Å². The molecule has 108 valence electrons. The summed E-state index contributed by atoms with van der Waals surface area (Å²) in [5, 5.41) is 11.1. The first-order chi connectivity index (χ1) is 9.60. The third-order valence-corrected chi connectivity index (χ3v) is 3.22. The van der Waals surface area contributed by atoms with Crippen molar-refractivity contribution in [1.29, 1.82) is 0 Å². The van der Waals surface area contributed by atoms with E-state index in [9.17, 15) is 9.59 Å². The lowest BCUT2D eigenvalue weighted by atomic mass is 9.89. The number of fused-ring (bicyclic) bond motifs is 1. The molecular formula is C14H17NO5. The third-order valence-electron chi connectivity index (χ3n) is 3.22. The van der Waals surface area contributed by atoms with Gasteiger partial charge in [-0.15, -0.1) is 0 Å². The van der Waals surface area contributed by atoms with Crippen LogP contribution in [0.3, 0.4) is 0 Å². The zero-order chi connectivity index (χ0) is 14.5. The highest BCUT2D eigenvalue weighted by Gasteiger charge is 2.24. The molecule has 1 amide bonds. The normalized spacial score (nSPS) is 16.9. The lowest BCUT2D eigenvalue weighted by Crippen LogP contribution is -2.30. The van der Waals surface area contributed by atoms with Crippen molar-refractivity contribution in [2.45, 2.75) is 25.4 Å². The highest BCUT2D eigenvalue weighted by Crippen LogP contribution is 2.30. The van der Waals surface area contributed by atoms with Gasteiger partial charge in [-0.1, -0.05) is 12.1 Å². The van der Waals surface area contributed by atoms with Crippen LogP contribution in [0.2, 0.25) is 0 Å². The van der Waals surface area contributed by atoms with Crippen molar-refractivity contribution in [1.82, 2.24) is 5.32 Å². The second-order valence-corrected chi connectivity index (χ2v) is 4.60. The van der Waals surface area contributed by atoms with E-state index in [0.717, 1.165) is 11.1 Å². The number of amides is 1. The molecule has 1 unspecified atom stereocenters. The van der Waals surface area contributed by atoms with Crippen LogP contribution in [-0.2, 0) is 22.4 Å². The fourth-order valence-electron chi connectivity index (χ4n) is 2.32. The lowest BCUT2D eigenvalue weighted by Gasteiger charge is -2.25. The quantitative estimate of drug-likeness (QED) is 0.869. The number of hydrogen-bond donors (Lipinski definition) is 2. The molecular weight excluding hydrogens is 262 g/mol. The van der Waals surface area contributed by atoms with Crippen molar-refractivity contribution in [3.8, 4) is 5.75 Å². The number of carbonyl (C=O) groups excluding carboxylic acids is 1. The first kappa shape index (κ1) is 14.2. The average Bonchev–Trinajstić information content (AvgIpc) is 2.44. The maximum atomic E-state index is 11.2. The van der Waals surface area contributed by atoms with Crippen molar-refractivity contribution in [2.75, 3.05) is 13.7 Å². The molecule has 0 bridgehead atoms. The number of hydrogen-bond acceptors (Lipinski definition) is 4. The molecule has 1 aliphatic rings. The molecule has 0 aromatic heterocycles. The maximum absolute atomic E-state index is 11.2. The summed E-state index contributed by atoms with van der Waals surface area (Å²) in [5.74, 6) is -0.400. The van der Waals surface area contributed by atoms with Crippen LogP contribution in [0.4, 0.5) is 4.79 Å². The van der Waals surface area contributed by atoms with Gasteiger partial charge in [-0.2, -0.15) is 0 Å². The number of carboxylic acid groups (broad SMARTS) is 1. The van der Waals surface area contributed by atoms with Crippen LogP contribution < -0.4 is 10.1 Å². The van der Waals surface area contributed by atoms with Crippen molar-refractivity contribution < 1.29 is 24.2 Å². The van der Waals surface area contributed by atoms with Gasteiger partial charge in [0, 0.05) is 13.5 Å². The minimum Gasteiger partial charge on any atom is -0.482 e. The summed E-state index contributed by atoms with van der Waals surface area (Å²) in [5.41, 5.74) is 2.04. The number of nitrogens with one attached hydrogen (secondary N) is 1. The second kappa shape index (κ2) is 6.27. The molecule has 0 heterocycles. The molecule has 2 rings (SSSR count). The van der Waals surface area contributed by atoms with Crippen LogP contribution in [0.5, 0.6) is 5.75 Å². The Kier molecular flexibility index (Phi) is 4.45. The highest BCUT2D eigenvalue weighted by atomic mass is 16.6. The molecule has 1 aromatic rings. The fourth-order valence-corrected chi connectivity index (χ4v) is 2.32. The number of carboxylic acids is 1. The topological polar surface area (TPSA) is 84.9 Å². The van der Waals surface area contributed by atoms with E-state index in [1.54, 1.807) is 6.07 Å². The predicted molar refractivity (Wildman–Crippen MR) is 70.9 cm³/mol. The maximum Gasteiger partial charge on any atom is 0.407 e. The smallest absolute Gasteiger partial charge is 0.407 e. The Bertz CT molecular complexity index is 514. The summed E-state index contributed by atoms with van der Waals surface area (Å²) in [6.07, 6.45) is 1.43. The molecule has 0 aliphatic heterocycles. The first-order valence-electron chi connectivity index (χ1n) is 6.44. The first-order valence-corrected chi connectivity index (χ1v) is 6.44. The van der Waals surface area contributed by atoms with E-state index in [-0.39, 0.29) is 12.7 Å². The van der Waals surface area contributed by atoms with E-state index in [1.165, 1.54) is 7.05 Å². The van der Waals surface area contributed by atoms with Gasteiger partial charge in [0.2, 0.25) is 0 Å². The van der Waals surface area contributed by atoms with Gasteiger partial charge in [0.15, 0.2) is 6.61 Å². The Morgan fingerprint density at radius 1 is 1.45 bits per heavy atom. The molecule has 0 saturated heterocycles. The summed E-state index contributed by atoms with van der Waals surface area (Å²) in [6, 6.07) is 5.53. The number of rotatable bonds is 4. The Morgan fingerprint density at radius 2 is 2.25 bits per heavy atom. The van der Waals surface area contributed by atoms with Crippen LogP contribution in [0, 0.1) is 0 Å². The molecule has 0 saturated carbocycles. The minimum absolute atomic E-state index is 0.155. The van der Waals surface area contributed by atoms with Crippen LogP contribution in [0.1, 0.15) is 17.5 Å². The molecule has 6 heteroatoms. The van der Waals surface area contributed by atoms with E-state index in [0.29, 0.717) is 25.0 Å². The number of aliphatic carboxylic acids is 1. The highest BCUT2D eigenvalue weighted by molar-refractivity contribution is 5.68. The summed E-state index contributed by atoms with van der Waals surface area (Å²) in [6.45, 7) is -0.353. The number of carbonyl (C=O) groups is 2. The largest absolute Gasteiger partial charge is 0.482 e. The van der Waals surface area contributed by atoms with Gasteiger partial charge in [0.25, 0.3) is 0 Å². The molecule has 2 N–H and O–H groups in total. The van der Waals surface area contributed by atoms with Gasteiger partial charge in [0.1, 0.15) is 11.9 Å². The fraction of sp³-hybridized carbons (Fsp3) is 0.429. The minimum atomic E-state index is -1.00. The molecule has 20 heavy (non-hydrogen) atoms. The van der Waals surface area contributed by atoms with Gasteiger partial charge in [0.05, 0.1) is 0 Å². The second-order valence-electron chi connectivity index (χ2n) is 4.60. The van der Waals surface area contributed by atoms with E-state index in [4.69, 9.17) is 14.6 Å². The van der Waals surface area contributed by atoms with Crippen molar-refractivity contribution >= 4 is 12.1 Å². The van der Waals surface area contributed by atoms with Gasteiger partial charge in [-0.3, -0.25) is 0 Å². The number of benzene rings is 1. The van der Waals surface area contributed by atoms with Gasteiger partial charge >= 0.3 is 12.1 Å².